The molecule has 7 heteroatoms. The van der Waals surface area contributed by atoms with Crippen molar-refractivity contribution in [1.82, 2.24) is 10.5 Å². The predicted molar refractivity (Wildman–Crippen MR) is 87.2 cm³/mol. The van der Waals surface area contributed by atoms with Crippen LogP contribution in [0.4, 0.5) is 5.82 Å². The summed E-state index contributed by atoms with van der Waals surface area (Å²) in [5.41, 5.74) is 0.845. The summed E-state index contributed by atoms with van der Waals surface area (Å²) < 4.78 is 4.96. The molecule has 23 heavy (non-hydrogen) atoms. The lowest BCUT2D eigenvalue weighted by Crippen LogP contribution is -2.34. The first-order valence-electron chi connectivity index (χ1n) is 7.19. The molecule has 0 saturated carbocycles. The van der Waals surface area contributed by atoms with E-state index in [-0.39, 0.29) is 24.8 Å². The summed E-state index contributed by atoms with van der Waals surface area (Å²) in [4.78, 5) is 25.0. The minimum absolute atomic E-state index is 0.163. The first-order chi connectivity index (χ1) is 11.0. The number of anilines is 1. The van der Waals surface area contributed by atoms with Crippen LogP contribution in [0.15, 0.2) is 34.9 Å². The molecule has 0 unspecified atom stereocenters. The molecule has 0 aliphatic rings. The zero-order valence-corrected chi connectivity index (χ0v) is 13.8. The van der Waals surface area contributed by atoms with Crippen LogP contribution in [0.1, 0.15) is 24.7 Å². The zero-order chi connectivity index (χ0) is 16.8. The summed E-state index contributed by atoms with van der Waals surface area (Å²) >= 11 is 6.04. The highest BCUT2D eigenvalue weighted by molar-refractivity contribution is 6.31. The van der Waals surface area contributed by atoms with E-state index in [1.165, 1.54) is 11.8 Å². The quantitative estimate of drug-likeness (QED) is 0.880. The van der Waals surface area contributed by atoms with Crippen molar-refractivity contribution in [3.63, 3.8) is 0 Å². The number of aryl methyl sites for hydroxylation is 1. The van der Waals surface area contributed by atoms with Gasteiger partial charge < -0.3 is 9.84 Å². The fourth-order valence-corrected chi connectivity index (χ4v) is 2.25. The summed E-state index contributed by atoms with van der Waals surface area (Å²) in [5, 5.41) is 7.19. The van der Waals surface area contributed by atoms with Gasteiger partial charge in [0.05, 0.1) is 0 Å². The van der Waals surface area contributed by atoms with Gasteiger partial charge >= 0.3 is 0 Å². The molecule has 122 valence electrons. The second kappa shape index (κ2) is 7.78. The van der Waals surface area contributed by atoms with Gasteiger partial charge in [-0.3, -0.25) is 14.5 Å². The number of amides is 2. The van der Waals surface area contributed by atoms with E-state index in [0.29, 0.717) is 23.1 Å². The number of benzene rings is 1. The Labute approximate surface area is 139 Å². The molecule has 0 aliphatic carbocycles. The number of nitrogens with zero attached hydrogens (tertiary/aromatic N) is 2. The number of aromatic nitrogens is 1. The molecule has 2 aromatic rings. The van der Waals surface area contributed by atoms with Gasteiger partial charge in [0.15, 0.2) is 5.82 Å². The van der Waals surface area contributed by atoms with E-state index < -0.39 is 0 Å². The maximum absolute atomic E-state index is 12.0. The smallest absolute Gasteiger partial charge is 0.225 e. The number of hydrogen-bond donors (Lipinski definition) is 1. The van der Waals surface area contributed by atoms with Crippen molar-refractivity contribution < 1.29 is 14.1 Å². The summed E-state index contributed by atoms with van der Waals surface area (Å²) in [5.74, 6) is 0.650. The van der Waals surface area contributed by atoms with Gasteiger partial charge in [0.2, 0.25) is 11.8 Å². The normalized spacial score (nSPS) is 10.4. The minimum Gasteiger partial charge on any atom is -0.360 e. The van der Waals surface area contributed by atoms with Crippen molar-refractivity contribution in [3.05, 3.63) is 46.7 Å². The number of rotatable bonds is 6. The van der Waals surface area contributed by atoms with Crippen LogP contribution in [0.25, 0.3) is 0 Å². The van der Waals surface area contributed by atoms with E-state index >= 15 is 0 Å². The van der Waals surface area contributed by atoms with Gasteiger partial charge in [-0.25, -0.2) is 0 Å². The molecular weight excluding hydrogens is 318 g/mol. The van der Waals surface area contributed by atoms with Crippen LogP contribution in [0.3, 0.4) is 0 Å². The molecule has 2 rings (SSSR count). The number of nitrogens with one attached hydrogen (secondary N) is 1. The highest BCUT2D eigenvalue weighted by Crippen LogP contribution is 2.15. The largest absolute Gasteiger partial charge is 0.360 e. The van der Waals surface area contributed by atoms with E-state index in [2.05, 4.69) is 10.5 Å². The molecule has 0 spiro atoms. The predicted octanol–water partition coefficient (Wildman–Crippen LogP) is 2.70. The van der Waals surface area contributed by atoms with E-state index in [9.17, 15) is 9.59 Å². The van der Waals surface area contributed by atoms with Crippen LogP contribution < -0.4 is 10.2 Å². The van der Waals surface area contributed by atoms with E-state index in [1.807, 2.05) is 18.2 Å². The molecule has 0 fully saturated rings. The van der Waals surface area contributed by atoms with E-state index in [1.54, 1.807) is 19.1 Å². The molecule has 1 heterocycles. The van der Waals surface area contributed by atoms with Crippen LogP contribution >= 0.6 is 11.6 Å². The Morgan fingerprint density at radius 3 is 2.70 bits per heavy atom. The summed E-state index contributed by atoms with van der Waals surface area (Å²) in [6, 6.07) is 8.97. The molecular formula is C16H18ClN3O3. The third-order valence-corrected chi connectivity index (χ3v) is 3.64. The Bertz CT molecular complexity index is 699. The SMILES string of the molecule is CC(=O)N(CCC(=O)NCc1ccccc1Cl)c1cc(C)on1. The number of carbonyl (C=O) groups excluding carboxylic acids is 2. The van der Waals surface area contributed by atoms with Crippen LogP contribution in [0.5, 0.6) is 0 Å². The zero-order valence-electron chi connectivity index (χ0n) is 13.0. The van der Waals surface area contributed by atoms with Gasteiger partial charge in [-0.15, -0.1) is 0 Å². The van der Waals surface area contributed by atoms with Crippen molar-refractivity contribution in [2.75, 3.05) is 11.4 Å². The molecule has 2 amide bonds. The van der Waals surface area contributed by atoms with Crippen LogP contribution in [0, 0.1) is 6.92 Å². The molecule has 1 N–H and O–H groups in total. The third-order valence-electron chi connectivity index (χ3n) is 3.27. The lowest BCUT2D eigenvalue weighted by molar-refractivity contribution is -0.121. The topological polar surface area (TPSA) is 75.4 Å². The van der Waals surface area contributed by atoms with Crippen LogP contribution in [0.2, 0.25) is 5.02 Å². The van der Waals surface area contributed by atoms with Crippen molar-refractivity contribution in [3.8, 4) is 0 Å². The van der Waals surface area contributed by atoms with Gasteiger partial charge in [-0.05, 0) is 18.6 Å². The van der Waals surface area contributed by atoms with Crippen molar-refractivity contribution in [2.45, 2.75) is 26.8 Å². The van der Waals surface area contributed by atoms with Gasteiger partial charge in [0.25, 0.3) is 0 Å². The molecule has 1 aromatic heterocycles. The third kappa shape index (κ3) is 4.82. The second-order valence-electron chi connectivity index (χ2n) is 5.08. The molecule has 0 saturated heterocycles. The average molecular weight is 336 g/mol. The Kier molecular flexibility index (Phi) is 5.76. The van der Waals surface area contributed by atoms with Gasteiger partial charge in [-0.1, -0.05) is 35.0 Å². The molecule has 0 atom stereocenters. The van der Waals surface area contributed by atoms with E-state index in [4.69, 9.17) is 16.1 Å². The first kappa shape index (κ1) is 17.0. The van der Waals surface area contributed by atoms with Crippen LogP contribution in [-0.2, 0) is 16.1 Å². The Hall–Kier alpha value is -2.34. The molecule has 0 bridgehead atoms. The maximum Gasteiger partial charge on any atom is 0.225 e. The summed E-state index contributed by atoms with van der Waals surface area (Å²) in [6.45, 7) is 3.74. The summed E-state index contributed by atoms with van der Waals surface area (Å²) in [6.07, 6.45) is 0.163. The Morgan fingerprint density at radius 2 is 2.09 bits per heavy atom. The lowest BCUT2D eigenvalue weighted by Gasteiger charge is -2.17. The average Bonchev–Trinajstić information content (AvgIpc) is 2.92. The van der Waals surface area contributed by atoms with Gasteiger partial charge in [-0.2, -0.15) is 0 Å². The monoisotopic (exact) mass is 335 g/mol. The van der Waals surface area contributed by atoms with Crippen molar-refractivity contribution in [2.24, 2.45) is 0 Å². The molecule has 0 radical (unpaired) electrons. The number of hydrogen-bond acceptors (Lipinski definition) is 4. The summed E-state index contributed by atoms with van der Waals surface area (Å²) in [7, 11) is 0. The number of halogens is 1. The first-order valence-corrected chi connectivity index (χ1v) is 7.56. The number of carbonyl (C=O) groups is 2. The lowest BCUT2D eigenvalue weighted by atomic mass is 10.2. The fraction of sp³-hybridized carbons (Fsp3) is 0.312. The standard InChI is InChI=1S/C16H18ClN3O3/c1-11-9-15(19-23-11)20(12(2)21)8-7-16(22)18-10-13-5-3-4-6-14(13)17/h3-6,9H,7-8,10H2,1-2H3,(H,18,22). The molecule has 0 aliphatic heterocycles. The Balaban J connectivity index is 1.87. The van der Waals surface area contributed by atoms with Gasteiger partial charge in [0.1, 0.15) is 5.76 Å². The second-order valence-corrected chi connectivity index (χ2v) is 5.49. The maximum atomic E-state index is 12.0. The van der Waals surface area contributed by atoms with Crippen molar-refractivity contribution in [1.29, 1.82) is 0 Å². The fourth-order valence-electron chi connectivity index (χ4n) is 2.05. The van der Waals surface area contributed by atoms with Gasteiger partial charge in [0, 0.05) is 37.5 Å². The van der Waals surface area contributed by atoms with Crippen LogP contribution in [-0.4, -0.2) is 23.5 Å². The highest BCUT2D eigenvalue weighted by atomic mass is 35.5. The highest BCUT2D eigenvalue weighted by Gasteiger charge is 2.16. The Morgan fingerprint density at radius 1 is 1.35 bits per heavy atom. The van der Waals surface area contributed by atoms with E-state index in [0.717, 1.165) is 5.56 Å². The minimum atomic E-state index is -0.197. The molecule has 6 nitrogen and oxygen atoms in total. The van der Waals surface area contributed by atoms with Crippen molar-refractivity contribution >= 4 is 29.2 Å². The molecule has 1 aromatic carbocycles.